The molecule has 1 N–H and O–H groups in total. The van der Waals surface area contributed by atoms with E-state index in [-0.39, 0.29) is 18.6 Å². The number of hydrogen-bond acceptors (Lipinski definition) is 3. The lowest BCUT2D eigenvalue weighted by Crippen LogP contribution is -2.39. The molecule has 0 unspecified atom stereocenters. The highest BCUT2D eigenvalue weighted by Gasteiger charge is 2.27. The quantitative estimate of drug-likeness (QED) is 0.844. The Morgan fingerprint density at radius 2 is 2.21 bits per heavy atom. The number of nitrogens with zero attached hydrogens (tertiary/aromatic N) is 2. The van der Waals surface area contributed by atoms with Crippen molar-refractivity contribution in [2.45, 2.75) is 39.5 Å². The summed E-state index contributed by atoms with van der Waals surface area (Å²) in [5.41, 5.74) is 0.571. The maximum Gasteiger partial charge on any atom is 0.410 e. The van der Waals surface area contributed by atoms with E-state index >= 15 is 0 Å². The molecule has 2 heterocycles. The van der Waals surface area contributed by atoms with Gasteiger partial charge in [-0.25, -0.2) is 4.79 Å². The molecule has 1 amide bonds. The topological polar surface area (TPSA) is 54.7 Å². The second-order valence-corrected chi connectivity index (χ2v) is 6.06. The largest absolute Gasteiger partial charge is 0.444 e. The molecule has 5 heteroatoms. The summed E-state index contributed by atoms with van der Waals surface area (Å²) in [6.45, 7) is 7.42. The summed E-state index contributed by atoms with van der Waals surface area (Å²) in [6.07, 6.45) is 1.66. The lowest BCUT2D eigenvalue weighted by atomic mass is 10.1. The monoisotopic (exact) mass is 266 g/mol. The summed E-state index contributed by atoms with van der Waals surface area (Å²) in [7, 11) is 0. The summed E-state index contributed by atoms with van der Waals surface area (Å²) in [4.78, 5) is 13.8. The normalized spacial score (nSPS) is 19.8. The third-order valence-corrected chi connectivity index (χ3v) is 3.12. The van der Waals surface area contributed by atoms with Crippen LogP contribution in [-0.4, -0.2) is 39.4 Å². The van der Waals surface area contributed by atoms with Gasteiger partial charge in [0.1, 0.15) is 5.60 Å². The number of carbonyl (C=O) groups excluding carboxylic acids is 1. The molecule has 106 valence electrons. The van der Waals surface area contributed by atoms with Gasteiger partial charge in [0.15, 0.2) is 0 Å². The van der Waals surface area contributed by atoms with Crippen LogP contribution in [0.5, 0.6) is 0 Å². The molecule has 0 radical (unpaired) electrons. The first-order valence-corrected chi connectivity index (χ1v) is 6.62. The molecule has 2 rings (SSSR count). The molecule has 0 bridgehead atoms. The highest BCUT2D eigenvalue weighted by atomic mass is 16.6. The Labute approximate surface area is 113 Å². The summed E-state index contributed by atoms with van der Waals surface area (Å²) in [5.74, 6) is 0.0427. The molecule has 1 aliphatic heterocycles. The van der Waals surface area contributed by atoms with Gasteiger partial charge in [0.05, 0.1) is 6.54 Å². The van der Waals surface area contributed by atoms with Crippen molar-refractivity contribution in [1.82, 2.24) is 9.47 Å². The van der Waals surface area contributed by atoms with Crippen LogP contribution in [0.3, 0.4) is 0 Å². The first-order valence-electron chi connectivity index (χ1n) is 6.62. The van der Waals surface area contributed by atoms with Gasteiger partial charge in [0, 0.05) is 37.5 Å². The Morgan fingerprint density at radius 3 is 2.84 bits per heavy atom. The minimum Gasteiger partial charge on any atom is -0.444 e. The van der Waals surface area contributed by atoms with Crippen molar-refractivity contribution in [3.8, 4) is 0 Å². The summed E-state index contributed by atoms with van der Waals surface area (Å²) in [6, 6.07) is 3.96. The first-order chi connectivity index (χ1) is 8.89. The highest BCUT2D eigenvalue weighted by Crippen LogP contribution is 2.19. The van der Waals surface area contributed by atoms with Crippen LogP contribution in [0.4, 0.5) is 4.79 Å². The van der Waals surface area contributed by atoms with Crippen LogP contribution in [0.2, 0.25) is 0 Å². The molecule has 1 aromatic rings. The lowest BCUT2D eigenvalue weighted by molar-refractivity contribution is 0.0192. The Morgan fingerprint density at radius 1 is 1.47 bits per heavy atom. The van der Waals surface area contributed by atoms with Crippen molar-refractivity contribution >= 4 is 6.09 Å². The van der Waals surface area contributed by atoms with Crippen LogP contribution in [0.25, 0.3) is 0 Å². The number of hydrogen-bond donors (Lipinski definition) is 1. The fourth-order valence-electron chi connectivity index (χ4n) is 2.26. The number of ether oxygens (including phenoxy) is 1. The molecule has 1 atom stereocenters. The van der Waals surface area contributed by atoms with Crippen LogP contribution in [0, 0.1) is 5.92 Å². The third-order valence-electron chi connectivity index (χ3n) is 3.12. The molecule has 0 saturated heterocycles. The Bertz CT molecular complexity index is 448. The maximum atomic E-state index is 12.2. The van der Waals surface area contributed by atoms with Gasteiger partial charge < -0.3 is 19.3 Å². The van der Waals surface area contributed by atoms with Crippen molar-refractivity contribution < 1.29 is 14.6 Å². The van der Waals surface area contributed by atoms with Crippen LogP contribution < -0.4 is 0 Å². The SMILES string of the molecule is CC(C)(C)OC(=O)N1Cc2cccn2C[C@@H](CO)C1. The average molecular weight is 266 g/mol. The molecule has 5 nitrogen and oxygen atoms in total. The van der Waals surface area contributed by atoms with Crippen molar-refractivity contribution in [2.75, 3.05) is 13.2 Å². The van der Waals surface area contributed by atoms with Crippen molar-refractivity contribution in [3.63, 3.8) is 0 Å². The second kappa shape index (κ2) is 5.25. The van der Waals surface area contributed by atoms with E-state index in [0.717, 1.165) is 12.2 Å². The molecular weight excluding hydrogens is 244 g/mol. The Balaban J connectivity index is 2.15. The number of aromatic nitrogens is 1. The van der Waals surface area contributed by atoms with Crippen molar-refractivity contribution in [1.29, 1.82) is 0 Å². The average Bonchev–Trinajstić information content (AvgIpc) is 2.64. The highest BCUT2D eigenvalue weighted by molar-refractivity contribution is 5.68. The van der Waals surface area contributed by atoms with E-state index in [1.807, 2.05) is 39.1 Å². The molecule has 0 fully saturated rings. The van der Waals surface area contributed by atoms with E-state index in [4.69, 9.17) is 4.74 Å². The maximum absolute atomic E-state index is 12.2. The van der Waals surface area contributed by atoms with Crippen LogP contribution in [0.1, 0.15) is 26.5 Å². The van der Waals surface area contributed by atoms with E-state index in [1.165, 1.54) is 0 Å². The van der Waals surface area contributed by atoms with E-state index < -0.39 is 5.60 Å². The molecule has 0 aromatic carbocycles. The van der Waals surface area contributed by atoms with Crippen molar-refractivity contribution in [3.05, 3.63) is 24.0 Å². The standard InChI is InChI=1S/C14H22N2O3/c1-14(2,3)19-13(18)16-8-11(10-17)7-15-6-4-5-12(15)9-16/h4-6,11,17H,7-10H2,1-3H3/t11-/m1/s1. The van der Waals surface area contributed by atoms with Gasteiger partial charge in [-0.3, -0.25) is 0 Å². The van der Waals surface area contributed by atoms with Gasteiger partial charge in [-0.2, -0.15) is 0 Å². The van der Waals surface area contributed by atoms with Crippen LogP contribution in [-0.2, 0) is 17.8 Å². The van der Waals surface area contributed by atoms with E-state index in [2.05, 4.69) is 4.57 Å². The molecule has 0 spiro atoms. The van der Waals surface area contributed by atoms with E-state index in [9.17, 15) is 9.90 Å². The summed E-state index contributed by atoms with van der Waals surface area (Å²) >= 11 is 0. The predicted molar refractivity (Wildman–Crippen MR) is 71.7 cm³/mol. The minimum absolute atomic E-state index is 0.0427. The van der Waals surface area contributed by atoms with Gasteiger partial charge in [0.2, 0.25) is 0 Å². The zero-order valence-electron chi connectivity index (χ0n) is 11.8. The van der Waals surface area contributed by atoms with Gasteiger partial charge in [-0.05, 0) is 32.9 Å². The molecule has 19 heavy (non-hydrogen) atoms. The number of carbonyl (C=O) groups is 1. The van der Waals surface area contributed by atoms with Gasteiger partial charge in [-0.1, -0.05) is 0 Å². The van der Waals surface area contributed by atoms with E-state index in [0.29, 0.717) is 13.1 Å². The van der Waals surface area contributed by atoms with Crippen LogP contribution >= 0.6 is 0 Å². The fraction of sp³-hybridized carbons (Fsp3) is 0.643. The predicted octanol–water partition coefficient (Wildman–Crippen LogP) is 1.85. The van der Waals surface area contributed by atoms with Gasteiger partial charge in [0.25, 0.3) is 0 Å². The fourth-order valence-corrected chi connectivity index (χ4v) is 2.26. The molecular formula is C14H22N2O3. The third kappa shape index (κ3) is 3.50. The lowest BCUT2D eigenvalue weighted by Gasteiger charge is -2.27. The number of fused-ring (bicyclic) bond motifs is 1. The summed E-state index contributed by atoms with van der Waals surface area (Å²) < 4.78 is 7.50. The van der Waals surface area contributed by atoms with Crippen LogP contribution in [0.15, 0.2) is 18.3 Å². The molecule has 0 saturated carbocycles. The minimum atomic E-state index is -0.500. The number of aliphatic hydroxyl groups is 1. The Hall–Kier alpha value is -1.49. The van der Waals surface area contributed by atoms with E-state index in [1.54, 1.807) is 4.90 Å². The number of rotatable bonds is 1. The molecule has 1 aliphatic rings. The molecule has 1 aromatic heterocycles. The second-order valence-electron chi connectivity index (χ2n) is 6.06. The smallest absolute Gasteiger partial charge is 0.410 e. The van der Waals surface area contributed by atoms with Gasteiger partial charge >= 0.3 is 6.09 Å². The van der Waals surface area contributed by atoms with Crippen molar-refractivity contribution in [2.24, 2.45) is 5.92 Å². The number of aliphatic hydroxyl groups excluding tert-OH is 1. The zero-order chi connectivity index (χ0) is 14.0. The summed E-state index contributed by atoms with van der Waals surface area (Å²) in [5, 5.41) is 9.42. The Kier molecular flexibility index (Phi) is 3.85. The van der Waals surface area contributed by atoms with Gasteiger partial charge in [-0.15, -0.1) is 0 Å². The zero-order valence-corrected chi connectivity index (χ0v) is 11.8. The number of amides is 1. The molecule has 0 aliphatic carbocycles. The first kappa shape index (κ1) is 13.9.